The zero-order valence-corrected chi connectivity index (χ0v) is 12.8. The van der Waals surface area contributed by atoms with Crippen molar-refractivity contribution in [3.63, 3.8) is 0 Å². The van der Waals surface area contributed by atoms with Gasteiger partial charge in [0.1, 0.15) is 12.1 Å². The molecule has 0 spiro atoms. The van der Waals surface area contributed by atoms with Crippen LogP contribution in [0.5, 0.6) is 0 Å². The molecule has 4 heteroatoms. The zero-order valence-electron chi connectivity index (χ0n) is 12.8. The summed E-state index contributed by atoms with van der Waals surface area (Å²) in [6.07, 6.45) is 6.73. The fraction of sp³-hybridized carbons (Fsp3) is 0.529. The lowest BCUT2D eigenvalue weighted by molar-refractivity contribution is 0.398. The van der Waals surface area contributed by atoms with Crippen molar-refractivity contribution >= 4 is 16.7 Å². The normalized spacial score (nSPS) is 18.8. The molecule has 0 saturated carbocycles. The first-order chi connectivity index (χ1) is 10.4. The van der Waals surface area contributed by atoms with Crippen molar-refractivity contribution in [2.75, 3.05) is 24.5 Å². The Morgan fingerprint density at radius 2 is 2.14 bits per heavy atom. The molecule has 2 aromatic rings. The van der Waals surface area contributed by atoms with E-state index in [9.17, 15) is 0 Å². The summed E-state index contributed by atoms with van der Waals surface area (Å²) in [5.41, 5.74) is 1.03. The summed E-state index contributed by atoms with van der Waals surface area (Å²) in [5.74, 6) is 1.08. The number of piperidine rings is 1. The Labute approximate surface area is 126 Å². The van der Waals surface area contributed by atoms with Crippen LogP contribution in [0.4, 0.5) is 5.82 Å². The van der Waals surface area contributed by atoms with E-state index in [4.69, 9.17) is 0 Å². The highest BCUT2D eigenvalue weighted by atomic mass is 15.2. The number of rotatable bonds is 5. The molecule has 1 aromatic carbocycles. The Morgan fingerprint density at radius 1 is 1.24 bits per heavy atom. The largest absolute Gasteiger partial charge is 0.354 e. The van der Waals surface area contributed by atoms with Gasteiger partial charge in [-0.15, -0.1) is 0 Å². The average Bonchev–Trinajstić information content (AvgIpc) is 2.55. The maximum atomic E-state index is 4.58. The lowest BCUT2D eigenvalue weighted by Crippen LogP contribution is -2.44. The lowest BCUT2D eigenvalue weighted by atomic mass is 10.0. The van der Waals surface area contributed by atoms with Gasteiger partial charge in [0.05, 0.1) is 5.52 Å². The molecule has 0 aliphatic carbocycles. The number of aromatic nitrogens is 2. The van der Waals surface area contributed by atoms with Crippen LogP contribution in [0, 0.1) is 0 Å². The maximum Gasteiger partial charge on any atom is 0.139 e. The second kappa shape index (κ2) is 6.85. The molecule has 1 aliphatic rings. The van der Waals surface area contributed by atoms with E-state index in [0.717, 1.165) is 42.8 Å². The number of hydrogen-bond donors (Lipinski definition) is 1. The first kappa shape index (κ1) is 14.3. The van der Waals surface area contributed by atoms with Crippen molar-refractivity contribution in [2.45, 2.75) is 38.6 Å². The van der Waals surface area contributed by atoms with Gasteiger partial charge in [0.25, 0.3) is 0 Å². The number of nitrogens with zero attached hydrogens (tertiary/aromatic N) is 3. The van der Waals surface area contributed by atoms with Crippen LogP contribution in [0.15, 0.2) is 30.6 Å². The molecule has 0 radical (unpaired) electrons. The van der Waals surface area contributed by atoms with Crippen LogP contribution < -0.4 is 10.2 Å². The Morgan fingerprint density at radius 3 is 2.95 bits per heavy atom. The molecule has 1 unspecified atom stereocenters. The van der Waals surface area contributed by atoms with Crippen LogP contribution in [-0.4, -0.2) is 35.6 Å². The third-order valence-electron chi connectivity index (χ3n) is 4.17. The molecule has 1 N–H and O–H groups in total. The van der Waals surface area contributed by atoms with Gasteiger partial charge in [-0.3, -0.25) is 0 Å². The maximum absolute atomic E-state index is 4.58. The Kier molecular flexibility index (Phi) is 4.65. The van der Waals surface area contributed by atoms with Crippen LogP contribution in [0.2, 0.25) is 0 Å². The molecule has 1 atom stereocenters. The van der Waals surface area contributed by atoms with E-state index in [2.05, 4.69) is 45.3 Å². The summed E-state index contributed by atoms with van der Waals surface area (Å²) >= 11 is 0. The van der Waals surface area contributed by atoms with E-state index in [1.807, 2.05) is 6.07 Å². The molecular weight excluding hydrogens is 260 g/mol. The fourth-order valence-corrected chi connectivity index (χ4v) is 3.14. The smallest absolute Gasteiger partial charge is 0.139 e. The van der Waals surface area contributed by atoms with Gasteiger partial charge in [-0.2, -0.15) is 0 Å². The lowest BCUT2D eigenvalue weighted by Gasteiger charge is -2.31. The minimum atomic E-state index is 0.582. The van der Waals surface area contributed by atoms with Gasteiger partial charge in [-0.1, -0.05) is 25.5 Å². The van der Waals surface area contributed by atoms with Crippen LogP contribution in [0.1, 0.15) is 32.6 Å². The minimum absolute atomic E-state index is 0.582. The average molecular weight is 284 g/mol. The van der Waals surface area contributed by atoms with E-state index in [0.29, 0.717) is 6.04 Å². The third kappa shape index (κ3) is 3.32. The molecular formula is C17H24N4. The van der Waals surface area contributed by atoms with Crippen molar-refractivity contribution in [1.82, 2.24) is 15.3 Å². The van der Waals surface area contributed by atoms with Crippen molar-refractivity contribution in [3.05, 3.63) is 30.6 Å². The molecule has 3 rings (SSSR count). The standard InChI is InChI=1S/C17H24N4/c1-2-11-21(12-14-7-5-6-10-18-14)17-15-8-3-4-9-16(15)19-13-20-17/h3-4,8-9,13-14,18H,2,5-7,10-12H2,1H3. The molecule has 4 nitrogen and oxygen atoms in total. The van der Waals surface area contributed by atoms with Crippen LogP contribution in [-0.2, 0) is 0 Å². The van der Waals surface area contributed by atoms with Gasteiger partial charge < -0.3 is 10.2 Å². The van der Waals surface area contributed by atoms with Crippen LogP contribution >= 0.6 is 0 Å². The molecule has 0 bridgehead atoms. The van der Waals surface area contributed by atoms with Gasteiger partial charge in [-0.05, 0) is 37.9 Å². The number of hydrogen-bond acceptors (Lipinski definition) is 4. The van der Waals surface area contributed by atoms with Gasteiger partial charge in [0.15, 0.2) is 0 Å². The van der Waals surface area contributed by atoms with Gasteiger partial charge in [0.2, 0.25) is 0 Å². The van der Waals surface area contributed by atoms with Gasteiger partial charge in [0, 0.05) is 24.5 Å². The topological polar surface area (TPSA) is 41.0 Å². The number of anilines is 1. The predicted molar refractivity (Wildman–Crippen MR) is 87.7 cm³/mol. The first-order valence-corrected chi connectivity index (χ1v) is 8.06. The van der Waals surface area contributed by atoms with E-state index in [-0.39, 0.29) is 0 Å². The molecule has 112 valence electrons. The highest BCUT2D eigenvalue weighted by Gasteiger charge is 2.18. The number of benzene rings is 1. The minimum Gasteiger partial charge on any atom is -0.354 e. The van der Waals surface area contributed by atoms with E-state index in [1.165, 1.54) is 19.3 Å². The molecule has 2 heterocycles. The second-order valence-corrected chi connectivity index (χ2v) is 5.81. The van der Waals surface area contributed by atoms with Crippen molar-refractivity contribution < 1.29 is 0 Å². The summed E-state index contributed by atoms with van der Waals surface area (Å²) in [4.78, 5) is 11.4. The zero-order chi connectivity index (χ0) is 14.5. The number of fused-ring (bicyclic) bond motifs is 1. The summed E-state index contributed by atoms with van der Waals surface area (Å²) in [6, 6.07) is 8.87. The Balaban J connectivity index is 1.87. The molecule has 0 amide bonds. The second-order valence-electron chi connectivity index (χ2n) is 5.81. The monoisotopic (exact) mass is 284 g/mol. The summed E-state index contributed by atoms with van der Waals surface area (Å²) in [5, 5.41) is 4.80. The fourth-order valence-electron chi connectivity index (χ4n) is 3.14. The van der Waals surface area contributed by atoms with Crippen LogP contribution in [0.3, 0.4) is 0 Å². The quantitative estimate of drug-likeness (QED) is 0.916. The van der Waals surface area contributed by atoms with Gasteiger partial charge >= 0.3 is 0 Å². The molecule has 1 aromatic heterocycles. The summed E-state index contributed by atoms with van der Waals surface area (Å²) in [7, 11) is 0. The highest BCUT2D eigenvalue weighted by Crippen LogP contribution is 2.23. The van der Waals surface area contributed by atoms with E-state index in [1.54, 1.807) is 6.33 Å². The van der Waals surface area contributed by atoms with Crippen LogP contribution in [0.25, 0.3) is 10.9 Å². The molecule has 1 saturated heterocycles. The Bertz CT molecular complexity index is 573. The Hall–Kier alpha value is -1.68. The molecule has 1 fully saturated rings. The number of nitrogens with one attached hydrogen (secondary N) is 1. The van der Waals surface area contributed by atoms with Crippen molar-refractivity contribution in [1.29, 1.82) is 0 Å². The van der Waals surface area contributed by atoms with E-state index < -0.39 is 0 Å². The summed E-state index contributed by atoms with van der Waals surface area (Å²) in [6.45, 7) is 5.45. The molecule has 21 heavy (non-hydrogen) atoms. The van der Waals surface area contributed by atoms with Gasteiger partial charge in [-0.25, -0.2) is 9.97 Å². The third-order valence-corrected chi connectivity index (χ3v) is 4.17. The number of para-hydroxylation sites is 1. The summed E-state index contributed by atoms with van der Waals surface area (Å²) < 4.78 is 0. The molecule has 1 aliphatic heterocycles. The SMILES string of the molecule is CCCN(CC1CCCCN1)c1ncnc2ccccc12. The predicted octanol–water partition coefficient (Wildman–Crippen LogP) is 2.99. The van der Waals surface area contributed by atoms with Crippen molar-refractivity contribution in [3.8, 4) is 0 Å². The van der Waals surface area contributed by atoms with E-state index >= 15 is 0 Å². The van der Waals surface area contributed by atoms with Crippen molar-refractivity contribution in [2.24, 2.45) is 0 Å². The first-order valence-electron chi connectivity index (χ1n) is 8.06. The highest BCUT2D eigenvalue weighted by molar-refractivity contribution is 5.89.